The highest BCUT2D eigenvalue weighted by Crippen LogP contribution is 2.37. The highest BCUT2D eigenvalue weighted by molar-refractivity contribution is 6.31. The number of benzene rings is 2. The first kappa shape index (κ1) is 19.6. The quantitative estimate of drug-likeness (QED) is 0.535. The number of alkyl halides is 3. The second-order valence-electron chi connectivity index (χ2n) is 5.66. The summed E-state index contributed by atoms with van der Waals surface area (Å²) >= 11 is 5.64. The second-order valence-corrected chi connectivity index (χ2v) is 6.07. The molecular weight excluding hydrogens is 395 g/mol. The van der Waals surface area contributed by atoms with Gasteiger partial charge in [-0.05, 0) is 30.3 Å². The summed E-state index contributed by atoms with van der Waals surface area (Å²) in [7, 11) is 1.54. The minimum atomic E-state index is -4.58. The number of anilines is 5. The van der Waals surface area contributed by atoms with Crippen molar-refractivity contribution >= 4 is 40.3 Å². The number of nitrogens with zero attached hydrogens (tertiary/aromatic N) is 2. The van der Waals surface area contributed by atoms with Crippen LogP contribution in [0, 0.1) is 0 Å². The van der Waals surface area contributed by atoms with E-state index in [1.165, 1.54) is 12.4 Å². The zero-order chi connectivity index (χ0) is 20.3. The number of rotatable bonds is 5. The summed E-state index contributed by atoms with van der Waals surface area (Å²) in [4.78, 5) is 8.07. The molecule has 146 valence electrons. The second kappa shape index (κ2) is 7.81. The van der Waals surface area contributed by atoms with Gasteiger partial charge in [0.05, 0.1) is 17.7 Å². The maximum absolute atomic E-state index is 13.0. The summed E-state index contributed by atoms with van der Waals surface area (Å²) in [5.41, 5.74) is 6.05. The Morgan fingerprint density at radius 1 is 1.00 bits per heavy atom. The average Bonchev–Trinajstić information content (AvgIpc) is 2.65. The van der Waals surface area contributed by atoms with E-state index in [9.17, 15) is 13.2 Å². The molecule has 2 aromatic carbocycles. The van der Waals surface area contributed by atoms with Gasteiger partial charge in [-0.2, -0.15) is 13.2 Å². The standard InChI is InChI=1S/C18H15ClF3N5O/c1-28-12-4-2-3-10(7-12)26-16-15(23)17(25-9-24-16)27-11-5-6-14(19)13(8-11)18(20,21)22/h2-9H,23H2,1H3,(H2,24,25,26,27). The lowest BCUT2D eigenvalue weighted by Gasteiger charge is -2.15. The number of nitrogen functional groups attached to an aromatic ring is 1. The highest BCUT2D eigenvalue weighted by atomic mass is 35.5. The molecule has 6 nitrogen and oxygen atoms in total. The zero-order valence-corrected chi connectivity index (χ0v) is 15.3. The van der Waals surface area contributed by atoms with E-state index in [-0.39, 0.29) is 23.0 Å². The molecule has 0 aliphatic rings. The van der Waals surface area contributed by atoms with Gasteiger partial charge in [-0.1, -0.05) is 17.7 Å². The number of hydrogen-bond donors (Lipinski definition) is 3. The lowest BCUT2D eigenvalue weighted by Crippen LogP contribution is -2.08. The summed E-state index contributed by atoms with van der Waals surface area (Å²) in [6, 6.07) is 10.5. The number of methoxy groups -OCH3 is 1. The zero-order valence-electron chi connectivity index (χ0n) is 14.5. The van der Waals surface area contributed by atoms with Gasteiger partial charge in [-0.3, -0.25) is 0 Å². The number of ether oxygens (including phenoxy) is 1. The third-order valence-electron chi connectivity index (χ3n) is 3.75. The molecule has 3 rings (SSSR count). The minimum absolute atomic E-state index is 0.133. The van der Waals surface area contributed by atoms with Gasteiger partial charge in [-0.15, -0.1) is 0 Å². The molecule has 0 atom stereocenters. The van der Waals surface area contributed by atoms with Crippen LogP contribution in [0.25, 0.3) is 0 Å². The van der Waals surface area contributed by atoms with E-state index >= 15 is 0 Å². The molecule has 0 unspecified atom stereocenters. The van der Waals surface area contributed by atoms with Crippen LogP contribution in [-0.2, 0) is 6.18 Å². The predicted molar refractivity (Wildman–Crippen MR) is 102 cm³/mol. The summed E-state index contributed by atoms with van der Waals surface area (Å²) in [6.07, 6.45) is -3.34. The molecule has 0 spiro atoms. The van der Waals surface area contributed by atoms with Crippen molar-refractivity contribution < 1.29 is 17.9 Å². The Bertz CT molecular complexity index is 997. The first-order valence-corrected chi connectivity index (χ1v) is 8.31. The predicted octanol–water partition coefficient (Wildman–Crippen LogP) is 5.23. The molecule has 0 amide bonds. The first-order valence-electron chi connectivity index (χ1n) is 7.93. The smallest absolute Gasteiger partial charge is 0.417 e. The van der Waals surface area contributed by atoms with Crippen LogP contribution >= 0.6 is 11.6 Å². The molecule has 4 N–H and O–H groups in total. The number of halogens is 4. The monoisotopic (exact) mass is 409 g/mol. The molecule has 1 aromatic heterocycles. The summed E-state index contributed by atoms with van der Waals surface area (Å²) in [6.45, 7) is 0. The highest BCUT2D eigenvalue weighted by Gasteiger charge is 2.33. The van der Waals surface area contributed by atoms with Gasteiger partial charge in [0.2, 0.25) is 0 Å². The number of nitrogens with two attached hydrogens (primary N) is 1. The fourth-order valence-electron chi connectivity index (χ4n) is 2.39. The Morgan fingerprint density at radius 3 is 2.25 bits per heavy atom. The van der Waals surface area contributed by atoms with Crippen molar-refractivity contribution in [1.29, 1.82) is 0 Å². The number of nitrogens with one attached hydrogen (secondary N) is 2. The molecular formula is C18H15ClF3N5O. The van der Waals surface area contributed by atoms with Crippen LogP contribution in [0.15, 0.2) is 48.8 Å². The van der Waals surface area contributed by atoms with Crippen LogP contribution in [0.1, 0.15) is 5.56 Å². The van der Waals surface area contributed by atoms with Gasteiger partial charge < -0.3 is 21.1 Å². The Morgan fingerprint density at radius 2 is 1.64 bits per heavy atom. The molecule has 0 fully saturated rings. The number of hydrogen-bond acceptors (Lipinski definition) is 6. The molecule has 10 heteroatoms. The van der Waals surface area contributed by atoms with E-state index < -0.39 is 16.8 Å². The van der Waals surface area contributed by atoms with Crippen molar-refractivity contribution in [3.63, 3.8) is 0 Å². The van der Waals surface area contributed by atoms with E-state index in [4.69, 9.17) is 22.1 Å². The fourth-order valence-corrected chi connectivity index (χ4v) is 2.61. The molecule has 0 saturated heterocycles. The van der Waals surface area contributed by atoms with Crippen molar-refractivity contribution in [2.45, 2.75) is 6.18 Å². The van der Waals surface area contributed by atoms with Gasteiger partial charge in [0.25, 0.3) is 0 Å². The molecule has 0 aliphatic carbocycles. The molecule has 0 saturated carbocycles. The van der Waals surface area contributed by atoms with E-state index in [0.29, 0.717) is 11.4 Å². The van der Waals surface area contributed by atoms with Gasteiger partial charge in [0.1, 0.15) is 17.8 Å². The molecule has 0 radical (unpaired) electrons. The maximum Gasteiger partial charge on any atom is 0.417 e. The summed E-state index contributed by atoms with van der Waals surface area (Å²) < 4.78 is 44.3. The van der Waals surface area contributed by atoms with Crippen LogP contribution < -0.4 is 21.1 Å². The lowest BCUT2D eigenvalue weighted by atomic mass is 10.2. The Kier molecular flexibility index (Phi) is 5.46. The maximum atomic E-state index is 13.0. The van der Waals surface area contributed by atoms with Crippen molar-refractivity contribution in [2.24, 2.45) is 0 Å². The topological polar surface area (TPSA) is 85.1 Å². The minimum Gasteiger partial charge on any atom is -0.497 e. The number of aromatic nitrogens is 2. The van der Waals surface area contributed by atoms with Crippen molar-refractivity contribution in [3.8, 4) is 5.75 Å². The molecule has 0 aliphatic heterocycles. The third-order valence-corrected chi connectivity index (χ3v) is 4.08. The van der Waals surface area contributed by atoms with E-state index in [0.717, 1.165) is 12.1 Å². The largest absolute Gasteiger partial charge is 0.497 e. The Hall–Kier alpha value is -3.20. The van der Waals surface area contributed by atoms with E-state index in [2.05, 4.69) is 20.6 Å². The van der Waals surface area contributed by atoms with E-state index in [1.54, 1.807) is 31.4 Å². The van der Waals surface area contributed by atoms with Crippen LogP contribution in [0.4, 0.5) is 41.9 Å². The normalized spacial score (nSPS) is 11.2. The lowest BCUT2D eigenvalue weighted by molar-refractivity contribution is -0.137. The fraction of sp³-hybridized carbons (Fsp3) is 0.111. The molecule has 1 heterocycles. The van der Waals surface area contributed by atoms with Gasteiger partial charge in [0.15, 0.2) is 11.6 Å². The Labute approximate surface area is 163 Å². The third kappa shape index (κ3) is 4.37. The van der Waals surface area contributed by atoms with Crippen LogP contribution in [-0.4, -0.2) is 17.1 Å². The molecule has 3 aromatic rings. The van der Waals surface area contributed by atoms with Crippen molar-refractivity contribution in [3.05, 3.63) is 59.4 Å². The van der Waals surface area contributed by atoms with Crippen LogP contribution in [0.5, 0.6) is 5.75 Å². The molecule has 0 bridgehead atoms. The SMILES string of the molecule is COc1cccc(Nc2ncnc(Nc3ccc(Cl)c(C(F)(F)F)c3)c2N)c1. The van der Waals surface area contributed by atoms with Crippen molar-refractivity contribution in [2.75, 3.05) is 23.5 Å². The van der Waals surface area contributed by atoms with Crippen LogP contribution in [0.3, 0.4) is 0 Å². The first-order chi connectivity index (χ1) is 13.3. The van der Waals surface area contributed by atoms with Gasteiger partial charge >= 0.3 is 6.18 Å². The van der Waals surface area contributed by atoms with Gasteiger partial charge in [-0.25, -0.2) is 9.97 Å². The van der Waals surface area contributed by atoms with Gasteiger partial charge in [0, 0.05) is 17.4 Å². The summed E-state index contributed by atoms with van der Waals surface area (Å²) in [5.74, 6) is 1.07. The van der Waals surface area contributed by atoms with Crippen LogP contribution in [0.2, 0.25) is 5.02 Å². The molecule has 28 heavy (non-hydrogen) atoms. The Balaban J connectivity index is 1.87. The summed E-state index contributed by atoms with van der Waals surface area (Å²) in [5, 5.41) is 5.39. The van der Waals surface area contributed by atoms with Crippen molar-refractivity contribution in [1.82, 2.24) is 9.97 Å². The van der Waals surface area contributed by atoms with E-state index in [1.807, 2.05) is 0 Å². The average molecular weight is 410 g/mol.